The molecular formula is C9H22BrNSi2. The lowest BCUT2D eigenvalue weighted by atomic mass is 10.7. The second-order valence-corrected chi connectivity index (χ2v) is 16.5. The molecule has 0 radical (unpaired) electrons. The van der Waals surface area contributed by atoms with Gasteiger partial charge < -0.3 is 4.23 Å². The molecule has 0 fully saturated rings. The number of hydrogen-bond donors (Lipinski definition) is 0. The first kappa shape index (κ1) is 13.6. The van der Waals surface area contributed by atoms with Gasteiger partial charge in [-0.05, 0) is 0 Å². The van der Waals surface area contributed by atoms with Crippen molar-refractivity contribution in [2.24, 2.45) is 0 Å². The highest BCUT2D eigenvalue weighted by Gasteiger charge is 2.35. The molecular weight excluding hydrogens is 258 g/mol. The molecule has 1 nitrogen and oxygen atoms in total. The highest BCUT2D eigenvalue weighted by atomic mass is 79.9. The van der Waals surface area contributed by atoms with Crippen LogP contribution in [0.25, 0.3) is 0 Å². The van der Waals surface area contributed by atoms with E-state index in [2.05, 4.69) is 59.5 Å². The normalized spacial score (nSPS) is 13.5. The largest absolute Gasteiger partial charge is 0.342 e. The van der Waals surface area contributed by atoms with E-state index < -0.39 is 16.5 Å². The summed E-state index contributed by atoms with van der Waals surface area (Å²) in [4.78, 5) is 1.15. The zero-order valence-corrected chi connectivity index (χ0v) is 13.1. The zero-order chi connectivity index (χ0) is 10.7. The quantitative estimate of drug-likeness (QED) is 0.423. The fraction of sp³-hybridized carbons (Fsp3) is 0.778. The average molecular weight is 280 g/mol. The summed E-state index contributed by atoms with van der Waals surface area (Å²) >= 11 is 3.64. The summed E-state index contributed by atoms with van der Waals surface area (Å²) in [5, 5.41) is 0. The number of halogens is 1. The predicted molar refractivity (Wildman–Crippen MR) is 71.5 cm³/mol. The molecule has 0 rings (SSSR count). The maximum Gasteiger partial charge on any atom is 0.126 e. The van der Waals surface area contributed by atoms with Crippen LogP contribution < -0.4 is 0 Å². The van der Waals surface area contributed by atoms with Gasteiger partial charge in [0.15, 0.2) is 0 Å². The molecule has 78 valence electrons. The second kappa shape index (κ2) is 4.91. The van der Waals surface area contributed by atoms with Crippen molar-refractivity contribution in [3.8, 4) is 0 Å². The maximum atomic E-state index is 3.85. The monoisotopic (exact) mass is 279 g/mol. The lowest BCUT2D eigenvalue weighted by molar-refractivity contribution is 0.687. The first-order valence-electron chi connectivity index (χ1n) is 4.70. The minimum absolute atomic E-state index is 1.06. The van der Waals surface area contributed by atoms with Gasteiger partial charge in [0.1, 0.15) is 16.5 Å². The Balaban J connectivity index is 4.70. The first-order chi connectivity index (χ1) is 5.75. The molecule has 0 aliphatic heterocycles. The molecule has 0 heterocycles. The van der Waals surface area contributed by atoms with Crippen LogP contribution in [0.2, 0.25) is 32.7 Å². The molecule has 0 N–H and O–H groups in total. The summed E-state index contributed by atoms with van der Waals surface area (Å²) < 4.78 is 2.72. The molecule has 0 unspecified atom stereocenters. The van der Waals surface area contributed by atoms with E-state index >= 15 is 0 Å². The van der Waals surface area contributed by atoms with Gasteiger partial charge >= 0.3 is 0 Å². The van der Waals surface area contributed by atoms with Crippen LogP contribution in [0.4, 0.5) is 0 Å². The Morgan fingerprint density at radius 3 is 1.92 bits per heavy atom. The van der Waals surface area contributed by atoms with Crippen LogP contribution in [0, 0.1) is 0 Å². The topological polar surface area (TPSA) is 3.24 Å². The maximum absolute atomic E-state index is 3.85. The molecule has 0 spiro atoms. The minimum Gasteiger partial charge on any atom is -0.342 e. The van der Waals surface area contributed by atoms with Crippen LogP contribution in [-0.4, -0.2) is 32.2 Å². The third-order valence-corrected chi connectivity index (χ3v) is 14.2. The minimum atomic E-state index is -1.22. The van der Waals surface area contributed by atoms with E-state index in [4.69, 9.17) is 0 Å². The SMILES string of the molecule is C=CCN([Si](C)(C)C)[Si](C)(C)CBr. The van der Waals surface area contributed by atoms with E-state index in [0.717, 1.165) is 11.5 Å². The smallest absolute Gasteiger partial charge is 0.126 e. The summed E-state index contributed by atoms with van der Waals surface area (Å²) in [6.07, 6.45) is 2.04. The van der Waals surface area contributed by atoms with Gasteiger partial charge in [-0.15, -0.1) is 6.58 Å². The first-order valence-corrected chi connectivity index (χ1v) is 12.4. The van der Waals surface area contributed by atoms with Crippen LogP contribution in [0.3, 0.4) is 0 Å². The van der Waals surface area contributed by atoms with Gasteiger partial charge in [-0.1, -0.05) is 54.7 Å². The fourth-order valence-corrected chi connectivity index (χ4v) is 12.2. The molecule has 0 atom stereocenters. The zero-order valence-electron chi connectivity index (χ0n) is 9.52. The van der Waals surface area contributed by atoms with E-state index in [1.165, 1.54) is 0 Å². The van der Waals surface area contributed by atoms with Crippen molar-refractivity contribution in [2.75, 3.05) is 11.5 Å². The molecule has 0 saturated heterocycles. The average Bonchev–Trinajstić information content (AvgIpc) is 1.98. The van der Waals surface area contributed by atoms with E-state index in [1.807, 2.05) is 6.08 Å². The number of rotatable bonds is 5. The second-order valence-electron chi connectivity index (χ2n) is 5.02. The summed E-state index contributed by atoms with van der Waals surface area (Å²) in [6.45, 7) is 17.0. The van der Waals surface area contributed by atoms with Crippen molar-refractivity contribution in [3.63, 3.8) is 0 Å². The van der Waals surface area contributed by atoms with Gasteiger partial charge in [0.25, 0.3) is 0 Å². The van der Waals surface area contributed by atoms with Crippen LogP contribution in [0.5, 0.6) is 0 Å². The van der Waals surface area contributed by atoms with Crippen LogP contribution in [-0.2, 0) is 0 Å². The third-order valence-electron chi connectivity index (χ3n) is 2.18. The Kier molecular flexibility index (Phi) is 5.14. The van der Waals surface area contributed by atoms with Crippen molar-refractivity contribution in [2.45, 2.75) is 32.7 Å². The van der Waals surface area contributed by atoms with Crippen LogP contribution >= 0.6 is 15.9 Å². The molecule has 4 heteroatoms. The molecule has 0 aliphatic rings. The van der Waals surface area contributed by atoms with Crippen molar-refractivity contribution >= 4 is 32.4 Å². The molecule has 13 heavy (non-hydrogen) atoms. The number of hydrogen-bond acceptors (Lipinski definition) is 1. The molecule has 0 aromatic rings. The Hall–Kier alpha value is 0.614. The van der Waals surface area contributed by atoms with E-state index in [-0.39, 0.29) is 0 Å². The van der Waals surface area contributed by atoms with Crippen molar-refractivity contribution in [1.29, 1.82) is 0 Å². The Morgan fingerprint density at radius 1 is 1.23 bits per heavy atom. The van der Waals surface area contributed by atoms with Gasteiger partial charge in [0.05, 0.1) is 0 Å². The highest BCUT2D eigenvalue weighted by molar-refractivity contribution is 9.09. The van der Waals surface area contributed by atoms with E-state index in [9.17, 15) is 0 Å². The summed E-state index contributed by atoms with van der Waals surface area (Å²) in [5.41, 5.74) is 0. The summed E-state index contributed by atoms with van der Waals surface area (Å²) in [6, 6.07) is 0. The standard InChI is InChI=1S/C9H22BrNSi2/c1-7-8-11(12(2,3)4)13(5,6)9-10/h7H,1,8-9H2,2-6H3. The number of alkyl halides is 1. The van der Waals surface area contributed by atoms with Crippen LogP contribution in [0.1, 0.15) is 0 Å². The van der Waals surface area contributed by atoms with Crippen molar-refractivity contribution in [1.82, 2.24) is 4.23 Å². The third kappa shape index (κ3) is 4.10. The molecule has 0 amide bonds. The summed E-state index contributed by atoms with van der Waals surface area (Å²) in [5.74, 6) is 0. The van der Waals surface area contributed by atoms with Crippen molar-refractivity contribution in [3.05, 3.63) is 12.7 Å². The molecule has 0 saturated carbocycles. The van der Waals surface area contributed by atoms with Gasteiger partial charge in [0.2, 0.25) is 0 Å². The van der Waals surface area contributed by atoms with Gasteiger partial charge in [-0.25, -0.2) is 0 Å². The van der Waals surface area contributed by atoms with E-state index in [1.54, 1.807) is 0 Å². The van der Waals surface area contributed by atoms with Gasteiger partial charge in [0, 0.05) is 11.5 Å². The predicted octanol–water partition coefficient (Wildman–Crippen LogP) is 3.45. The lowest BCUT2D eigenvalue weighted by Gasteiger charge is -2.44. The van der Waals surface area contributed by atoms with Crippen LogP contribution in [0.15, 0.2) is 12.7 Å². The van der Waals surface area contributed by atoms with Crippen molar-refractivity contribution < 1.29 is 0 Å². The molecule has 0 bridgehead atoms. The van der Waals surface area contributed by atoms with Gasteiger partial charge in [-0.2, -0.15) is 0 Å². The Bertz CT molecular complexity index is 175. The molecule has 0 aliphatic carbocycles. The molecule has 0 aromatic carbocycles. The molecule has 0 aromatic heterocycles. The van der Waals surface area contributed by atoms with Gasteiger partial charge in [-0.3, -0.25) is 0 Å². The fourth-order valence-electron chi connectivity index (χ4n) is 1.63. The van der Waals surface area contributed by atoms with E-state index in [0.29, 0.717) is 0 Å². The Labute approximate surface area is 93.5 Å². The Morgan fingerprint density at radius 2 is 1.69 bits per heavy atom. The number of nitrogens with zero attached hydrogens (tertiary/aromatic N) is 1. The lowest BCUT2D eigenvalue weighted by Crippen LogP contribution is -2.61. The highest BCUT2D eigenvalue weighted by Crippen LogP contribution is 2.20. The summed E-state index contributed by atoms with van der Waals surface area (Å²) in [7, 11) is -2.39.